The van der Waals surface area contributed by atoms with Crippen molar-refractivity contribution in [3.63, 3.8) is 0 Å². The van der Waals surface area contributed by atoms with Crippen LogP contribution in [0.2, 0.25) is 0 Å². The highest BCUT2D eigenvalue weighted by Crippen LogP contribution is 2.35. The molecule has 1 amide bonds. The highest BCUT2D eigenvalue weighted by molar-refractivity contribution is 6.19. The van der Waals surface area contributed by atoms with E-state index in [1.807, 2.05) is 27.9 Å². The van der Waals surface area contributed by atoms with Gasteiger partial charge in [0.05, 0.1) is 11.5 Å². The molecule has 0 saturated carbocycles. The molecule has 1 aliphatic rings. The number of nitrogens with zero attached hydrogens (tertiary/aromatic N) is 2. The minimum absolute atomic E-state index is 0.00936. The molecule has 4 nitrogen and oxygen atoms in total. The van der Waals surface area contributed by atoms with Crippen molar-refractivity contribution in [2.24, 2.45) is 5.41 Å². The van der Waals surface area contributed by atoms with E-state index in [4.69, 9.17) is 11.6 Å². The first-order valence-corrected chi connectivity index (χ1v) is 10.3. The number of rotatable bonds is 7. The Morgan fingerprint density at radius 2 is 1.86 bits per heavy atom. The van der Waals surface area contributed by atoms with Gasteiger partial charge in [-0.2, -0.15) is 0 Å². The number of hydrogen-bond acceptors (Lipinski definition) is 3. The minimum Gasteiger partial charge on any atom is -0.378 e. The number of amides is 1. The lowest BCUT2D eigenvalue weighted by molar-refractivity contribution is -0.128. The Morgan fingerprint density at radius 3 is 2.50 bits per heavy atom. The summed E-state index contributed by atoms with van der Waals surface area (Å²) in [4.78, 5) is 17.1. The summed E-state index contributed by atoms with van der Waals surface area (Å²) in [7, 11) is 4.08. The predicted molar refractivity (Wildman–Crippen MR) is 119 cm³/mol. The number of alkyl halides is 1. The van der Waals surface area contributed by atoms with E-state index in [-0.39, 0.29) is 11.9 Å². The molecule has 1 heterocycles. The van der Waals surface area contributed by atoms with Crippen molar-refractivity contribution >= 4 is 28.9 Å². The third-order valence-electron chi connectivity index (χ3n) is 5.50. The second-order valence-corrected chi connectivity index (χ2v) is 8.57. The first kappa shape index (κ1) is 20.5. The van der Waals surface area contributed by atoms with Gasteiger partial charge in [0.25, 0.3) is 0 Å². The van der Waals surface area contributed by atoms with Gasteiger partial charge in [-0.15, -0.1) is 11.6 Å². The third-order valence-corrected chi connectivity index (χ3v) is 6.17. The molecule has 0 unspecified atom stereocenters. The van der Waals surface area contributed by atoms with E-state index in [1.165, 1.54) is 16.8 Å². The molecule has 28 heavy (non-hydrogen) atoms. The van der Waals surface area contributed by atoms with E-state index >= 15 is 0 Å². The van der Waals surface area contributed by atoms with E-state index in [0.29, 0.717) is 12.4 Å². The van der Waals surface area contributed by atoms with Crippen LogP contribution in [0.5, 0.6) is 0 Å². The normalized spacial score (nSPS) is 14.5. The molecular weight excluding hydrogens is 370 g/mol. The van der Waals surface area contributed by atoms with Crippen LogP contribution in [0.25, 0.3) is 0 Å². The number of benzene rings is 2. The molecule has 1 atom stereocenters. The highest BCUT2D eigenvalue weighted by Gasteiger charge is 2.30. The van der Waals surface area contributed by atoms with Gasteiger partial charge in [0, 0.05) is 44.4 Å². The number of para-hydroxylation sites is 1. The van der Waals surface area contributed by atoms with Crippen LogP contribution in [-0.2, 0) is 11.2 Å². The zero-order chi connectivity index (χ0) is 20.3. The molecule has 3 rings (SSSR count). The van der Waals surface area contributed by atoms with Crippen molar-refractivity contribution in [1.29, 1.82) is 0 Å². The SMILES string of the molecule is CN(C)c1ccc([C@@H](CNC(=O)C(C)(C)CCl)N2CCc3ccccc32)cc1. The fourth-order valence-corrected chi connectivity index (χ4v) is 3.70. The summed E-state index contributed by atoms with van der Waals surface area (Å²) in [6.45, 7) is 5.26. The first-order valence-electron chi connectivity index (χ1n) is 9.79. The fraction of sp³-hybridized carbons (Fsp3) is 0.435. The van der Waals surface area contributed by atoms with Crippen molar-refractivity contribution in [2.45, 2.75) is 26.3 Å². The molecule has 2 aromatic carbocycles. The maximum absolute atomic E-state index is 12.6. The Hall–Kier alpha value is -2.20. The Morgan fingerprint density at radius 1 is 1.18 bits per heavy atom. The summed E-state index contributed by atoms with van der Waals surface area (Å²) < 4.78 is 0. The summed E-state index contributed by atoms with van der Waals surface area (Å²) in [5.41, 5.74) is 4.41. The van der Waals surface area contributed by atoms with Gasteiger partial charge in [-0.25, -0.2) is 0 Å². The molecule has 1 aliphatic heterocycles. The van der Waals surface area contributed by atoms with Gasteiger partial charge < -0.3 is 15.1 Å². The lowest BCUT2D eigenvalue weighted by atomic mass is 9.95. The second-order valence-electron chi connectivity index (χ2n) is 8.30. The summed E-state index contributed by atoms with van der Waals surface area (Å²) in [6.07, 6.45) is 1.03. The Kier molecular flexibility index (Phi) is 6.19. The number of nitrogens with one attached hydrogen (secondary N) is 1. The number of anilines is 2. The van der Waals surface area contributed by atoms with Gasteiger partial charge in [0.15, 0.2) is 0 Å². The van der Waals surface area contributed by atoms with E-state index in [1.54, 1.807) is 0 Å². The first-order chi connectivity index (χ1) is 13.3. The van der Waals surface area contributed by atoms with Crippen LogP contribution in [0.1, 0.15) is 31.0 Å². The van der Waals surface area contributed by atoms with E-state index in [2.05, 4.69) is 63.6 Å². The average molecular weight is 400 g/mol. The summed E-state index contributed by atoms with van der Waals surface area (Å²) in [5, 5.41) is 3.14. The van der Waals surface area contributed by atoms with Crippen molar-refractivity contribution in [1.82, 2.24) is 5.32 Å². The van der Waals surface area contributed by atoms with Crippen molar-refractivity contribution < 1.29 is 4.79 Å². The molecule has 0 fully saturated rings. The Balaban J connectivity index is 1.87. The van der Waals surface area contributed by atoms with E-state index in [9.17, 15) is 4.79 Å². The lowest BCUT2D eigenvalue weighted by Crippen LogP contribution is -2.43. The van der Waals surface area contributed by atoms with Crippen LogP contribution in [-0.4, -0.2) is 39.0 Å². The highest BCUT2D eigenvalue weighted by atomic mass is 35.5. The molecule has 0 aliphatic carbocycles. The predicted octanol–water partition coefficient (Wildman–Crippen LogP) is 4.24. The standard InChI is InChI=1S/C23H30ClN3O/c1-23(2,16-24)22(28)25-15-21(18-9-11-19(12-10-18)26(3)4)27-14-13-17-7-5-6-8-20(17)27/h5-12,21H,13-16H2,1-4H3,(H,25,28)/t21-/m1/s1. The van der Waals surface area contributed by atoms with E-state index < -0.39 is 5.41 Å². The third kappa shape index (κ3) is 4.27. The fourth-order valence-electron chi connectivity index (χ4n) is 3.58. The molecular formula is C23H30ClN3O. The molecule has 0 bridgehead atoms. The van der Waals surface area contributed by atoms with Gasteiger partial charge in [-0.05, 0) is 49.6 Å². The zero-order valence-electron chi connectivity index (χ0n) is 17.2. The summed E-state index contributed by atoms with van der Waals surface area (Å²) in [5.74, 6) is 0.290. The van der Waals surface area contributed by atoms with Gasteiger partial charge in [-0.1, -0.05) is 30.3 Å². The van der Waals surface area contributed by atoms with Gasteiger partial charge in [0.2, 0.25) is 5.91 Å². The van der Waals surface area contributed by atoms with Crippen molar-refractivity contribution in [3.8, 4) is 0 Å². The number of carbonyl (C=O) groups excluding carboxylic acids is 1. The zero-order valence-corrected chi connectivity index (χ0v) is 18.0. The van der Waals surface area contributed by atoms with Crippen LogP contribution >= 0.6 is 11.6 Å². The Bertz CT molecular complexity index is 817. The molecule has 150 valence electrons. The monoisotopic (exact) mass is 399 g/mol. The van der Waals surface area contributed by atoms with Crippen LogP contribution in [0.4, 0.5) is 11.4 Å². The molecule has 5 heteroatoms. The number of carbonyl (C=O) groups is 1. The molecule has 0 aromatic heterocycles. The molecule has 1 N–H and O–H groups in total. The molecule has 0 saturated heterocycles. The summed E-state index contributed by atoms with van der Waals surface area (Å²) >= 11 is 5.99. The quantitative estimate of drug-likeness (QED) is 0.707. The van der Waals surface area contributed by atoms with E-state index in [0.717, 1.165) is 18.7 Å². The van der Waals surface area contributed by atoms with Crippen LogP contribution < -0.4 is 15.1 Å². The number of halogens is 1. The maximum atomic E-state index is 12.6. The van der Waals surface area contributed by atoms with Crippen LogP contribution in [0.15, 0.2) is 48.5 Å². The van der Waals surface area contributed by atoms with Gasteiger partial charge in [-0.3, -0.25) is 4.79 Å². The minimum atomic E-state index is -0.580. The summed E-state index contributed by atoms with van der Waals surface area (Å²) in [6, 6.07) is 17.2. The Labute approximate surface area is 173 Å². The topological polar surface area (TPSA) is 35.6 Å². The molecule has 0 radical (unpaired) electrons. The lowest BCUT2D eigenvalue weighted by Gasteiger charge is -2.32. The molecule has 2 aromatic rings. The average Bonchev–Trinajstić information content (AvgIpc) is 3.12. The smallest absolute Gasteiger partial charge is 0.226 e. The second kappa shape index (κ2) is 8.44. The van der Waals surface area contributed by atoms with Crippen molar-refractivity contribution in [3.05, 3.63) is 59.7 Å². The van der Waals surface area contributed by atoms with Gasteiger partial charge >= 0.3 is 0 Å². The number of hydrogen-bond donors (Lipinski definition) is 1. The molecule has 0 spiro atoms. The van der Waals surface area contributed by atoms with Crippen LogP contribution in [0, 0.1) is 5.41 Å². The number of fused-ring (bicyclic) bond motifs is 1. The largest absolute Gasteiger partial charge is 0.378 e. The maximum Gasteiger partial charge on any atom is 0.226 e. The van der Waals surface area contributed by atoms with Gasteiger partial charge in [0.1, 0.15) is 0 Å². The van der Waals surface area contributed by atoms with Crippen LogP contribution in [0.3, 0.4) is 0 Å². The van der Waals surface area contributed by atoms with Crippen molar-refractivity contribution in [2.75, 3.05) is 42.9 Å².